The molecule has 1 amide bonds. The van der Waals surface area contributed by atoms with Gasteiger partial charge in [0, 0.05) is 28.9 Å². The quantitative estimate of drug-likeness (QED) is 0.468. The highest BCUT2D eigenvalue weighted by Crippen LogP contribution is 2.33. The number of nitrogen functional groups attached to an aromatic ring is 1. The SMILES string of the molecule is CN1C(=O)CN=C(c2ccc(O)c(N=Nc3ccc(N)cc3)c2)c2cc(Cl)ccc21. The third-order valence-electron chi connectivity index (χ3n) is 4.74. The zero-order chi connectivity index (χ0) is 21.3. The van der Waals surface area contributed by atoms with Crippen LogP contribution < -0.4 is 10.6 Å². The summed E-state index contributed by atoms with van der Waals surface area (Å²) in [4.78, 5) is 18.4. The maximum Gasteiger partial charge on any atom is 0.248 e. The molecule has 0 saturated carbocycles. The highest BCUT2D eigenvalue weighted by Gasteiger charge is 2.23. The molecule has 3 aromatic rings. The van der Waals surface area contributed by atoms with Crippen LogP contribution in [0.3, 0.4) is 0 Å². The van der Waals surface area contributed by atoms with Crippen LogP contribution >= 0.6 is 11.6 Å². The van der Waals surface area contributed by atoms with Crippen LogP contribution in [0.2, 0.25) is 5.02 Å². The molecule has 0 aliphatic carbocycles. The number of likely N-dealkylation sites (N-methyl/N-ethyl adjacent to an activating group) is 1. The third kappa shape index (κ3) is 3.88. The Morgan fingerprint density at radius 2 is 1.83 bits per heavy atom. The number of aliphatic imine (C=N–C) groups is 1. The molecule has 3 aromatic carbocycles. The first-order chi connectivity index (χ1) is 14.4. The molecule has 0 radical (unpaired) electrons. The van der Waals surface area contributed by atoms with E-state index >= 15 is 0 Å². The number of nitrogens with two attached hydrogens (primary N) is 1. The molecule has 0 spiro atoms. The Hall–Kier alpha value is -3.71. The van der Waals surface area contributed by atoms with E-state index in [1.807, 2.05) is 0 Å². The smallest absolute Gasteiger partial charge is 0.248 e. The van der Waals surface area contributed by atoms with Crippen molar-refractivity contribution in [3.63, 3.8) is 0 Å². The number of hydrogen-bond acceptors (Lipinski definition) is 6. The molecule has 3 N–H and O–H groups in total. The Balaban J connectivity index is 1.77. The minimum Gasteiger partial charge on any atom is -0.506 e. The Labute approximate surface area is 178 Å². The summed E-state index contributed by atoms with van der Waals surface area (Å²) in [5.74, 6) is -0.151. The van der Waals surface area contributed by atoms with E-state index in [1.54, 1.807) is 66.5 Å². The number of fused-ring (bicyclic) bond motifs is 1. The van der Waals surface area contributed by atoms with Crippen LogP contribution in [0.1, 0.15) is 11.1 Å². The van der Waals surface area contributed by atoms with Crippen molar-refractivity contribution in [2.75, 3.05) is 24.2 Å². The standard InChI is InChI=1S/C22H18ClN5O2/c1-28-19-8-3-14(23)11-17(19)22(25-12-21(28)30)13-2-9-20(29)18(10-13)27-26-16-6-4-15(24)5-7-16/h2-11,29H,12,24H2,1H3. The minimum absolute atomic E-state index is 0.00129. The van der Waals surface area contributed by atoms with Gasteiger partial charge in [-0.15, -0.1) is 5.11 Å². The van der Waals surface area contributed by atoms with Gasteiger partial charge in [-0.25, -0.2) is 0 Å². The van der Waals surface area contributed by atoms with Crippen LogP contribution in [0.4, 0.5) is 22.7 Å². The molecule has 8 heteroatoms. The van der Waals surface area contributed by atoms with E-state index in [2.05, 4.69) is 15.2 Å². The first-order valence-electron chi connectivity index (χ1n) is 9.14. The molecule has 7 nitrogen and oxygen atoms in total. The molecule has 1 heterocycles. The Bertz CT molecular complexity index is 1190. The average molecular weight is 420 g/mol. The Kier molecular flexibility index (Phi) is 5.20. The van der Waals surface area contributed by atoms with Gasteiger partial charge in [0.15, 0.2) is 0 Å². The monoisotopic (exact) mass is 419 g/mol. The summed E-state index contributed by atoms with van der Waals surface area (Å²) in [5, 5.41) is 19.1. The van der Waals surface area contributed by atoms with Crippen LogP contribution in [-0.4, -0.2) is 30.3 Å². The number of benzene rings is 3. The number of benzodiazepines with no additional fused rings is 1. The molecule has 0 unspecified atom stereocenters. The van der Waals surface area contributed by atoms with Crippen LogP contribution in [0.25, 0.3) is 0 Å². The van der Waals surface area contributed by atoms with Gasteiger partial charge in [-0.05, 0) is 60.7 Å². The topological polar surface area (TPSA) is 104 Å². The number of rotatable bonds is 3. The molecule has 30 heavy (non-hydrogen) atoms. The van der Waals surface area contributed by atoms with Crippen LogP contribution in [0.15, 0.2) is 75.9 Å². The maximum absolute atomic E-state index is 12.3. The molecule has 0 fully saturated rings. The number of amides is 1. The Morgan fingerprint density at radius 3 is 2.60 bits per heavy atom. The summed E-state index contributed by atoms with van der Waals surface area (Å²) < 4.78 is 0. The van der Waals surface area contributed by atoms with Crippen molar-refractivity contribution in [2.24, 2.45) is 15.2 Å². The van der Waals surface area contributed by atoms with E-state index in [4.69, 9.17) is 17.3 Å². The number of hydrogen-bond donors (Lipinski definition) is 2. The number of phenolic OH excluding ortho intramolecular Hbond substituents is 1. The fraction of sp³-hybridized carbons (Fsp3) is 0.0909. The number of nitrogens with zero attached hydrogens (tertiary/aromatic N) is 4. The van der Waals surface area contributed by atoms with Crippen LogP contribution in [-0.2, 0) is 4.79 Å². The highest BCUT2D eigenvalue weighted by atomic mass is 35.5. The predicted molar refractivity (Wildman–Crippen MR) is 119 cm³/mol. The third-order valence-corrected chi connectivity index (χ3v) is 4.97. The lowest BCUT2D eigenvalue weighted by Gasteiger charge is -2.18. The van der Waals surface area contributed by atoms with Crippen molar-refractivity contribution in [3.05, 3.63) is 76.8 Å². The summed E-state index contributed by atoms with van der Waals surface area (Å²) in [6.45, 7) is 0.00129. The first-order valence-corrected chi connectivity index (χ1v) is 9.52. The van der Waals surface area contributed by atoms with Crippen molar-refractivity contribution in [3.8, 4) is 5.75 Å². The summed E-state index contributed by atoms with van der Waals surface area (Å²) in [7, 11) is 1.70. The molecular formula is C22H18ClN5O2. The zero-order valence-corrected chi connectivity index (χ0v) is 16.8. The predicted octanol–water partition coefficient (Wildman–Crippen LogP) is 4.86. The second-order valence-corrected chi connectivity index (χ2v) is 7.21. The number of carbonyl (C=O) groups excluding carboxylic acids is 1. The van der Waals surface area contributed by atoms with E-state index in [9.17, 15) is 9.90 Å². The van der Waals surface area contributed by atoms with Gasteiger partial charge in [0.25, 0.3) is 0 Å². The number of aromatic hydroxyl groups is 1. The van der Waals surface area contributed by atoms with Crippen molar-refractivity contribution in [1.82, 2.24) is 0 Å². The molecule has 1 aliphatic heterocycles. The van der Waals surface area contributed by atoms with E-state index in [1.165, 1.54) is 6.07 Å². The largest absolute Gasteiger partial charge is 0.506 e. The molecular weight excluding hydrogens is 402 g/mol. The van der Waals surface area contributed by atoms with Gasteiger partial charge in [0.2, 0.25) is 5.91 Å². The maximum atomic E-state index is 12.3. The fourth-order valence-electron chi connectivity index (χ4n) is 3.11. The van der Waals surface area contributed by atoms with Gasteiger partial charge >= 0.3 is 0 Å². The molecule has 0 saturated heterocycles. The molecule has 1 aliphatic rings. The number of phenols is 1. The first kappa shape index (κ1) is 19.6. The average Bonchev–Trinajstić information content (AvgIpc) is 2.85. The van der Waals surface area contributed by atoms with Crippen molar-refractivity contribution in [2.45, 2.75) is 0 Å². The lowest BCUT2D eigenvalue weighted by molar-refractivity contribution is -0.116. The van der Waals surface area contributed by atoms with E-state index < -0.39 is 0 Å². The molecule has 4 rings (SSSR count). The normalized spacial score (nSPS) is 13.9. The summed E-state index contributed by atoms with van der Waals surface area (Å²) in [6.07, 6.45) is 0. The second kappa shape index (κ2) is 7.96. The Morgan fingerprint density at radius 1 is 1.07 bits per heavy atom. The fourth-order valence-corrected chi connectivity index (χ4v) is 3.29. The van der Waals surface area contributed by atoms with Gasteiger partial charge in [-0.1, -0.05) is 11.6 Å². The van der Waals surface area contributed by atoms with E-state index in [-0.39, 0.29) is 23.9 Å². The zero-order valence-electron chi connectivity index (χ0n) is 16.1. The van der Waals surface area contributed by atoms with Crippen LogP contribution in [0, 0.1) is 0 Å². The van der Waals surface area contributed by atoms with Crippen molar-refractivity contribution >= 4 is 46.0 Å². The number of carbonyl (C=O) groups is 1. The highest BCUT2D eigenvalue weighted by molar-refractivity contribution is 6.32. The molecule has 0 bridgehead atoms. The van der Waals surface area contributed by atoms with Crippen molar-refractivity contribution < 1.29 is 9.90 Å². The van der Waals surface area contributed by atoms with E-state index in [0.717, 1.165) is 5.56 Å². The minimum atomic E-state index is -0.129. The van der Waals surface area contributed by atoms with Gasteiger partial charge in [-0.3, -0.25) is 9.79 Å². The second-order valence-electron chi connectivity index (χ2n) is 6.77. The van der Waals surface area contributed by atoms with Gasteiger partial charge in [0.05, 0.1) is 17.1 Å². The van der Waals surface area contributed by atoms with Gasteiger partial charge in [0.1, 0.15) is 18.0 Å². The molecule has 0 aromatic heterocycles. The van der Waals surface area contributed by atoms with E-state index in [0.29, 0.717) is 33.4 Å². The van der Waals surface area contributed by atoms with Gasteiger partial charge in [-0.2, -0.15) is 5.11 Å². The molecule has 150 valence electrons. The van der Waals surface area contributed by atoms with Crippen LogP contribution in [0.5, 0.6) is 5.75 Å². The number of azo groups is 1. The summed E-state index contributed by atoms with van der Waals surface area (Å²) in [5.41, 5.74) is 9.90. The lowest BCUT2D eigenvalue weighted by Crippen LogP contribution is -2.27. The number of halogens is 1. The number of anilines is 2. The molecule has 0 atom stereocenters. The van der Waals surface area contributed by atoms with Crippen molar-refractivity contribution in [1.29, 1.82) is 0 Å². The summed E-state index contributed by atoms with van der Waals surface area (Å²) >= 11 is 6.21. The summed E-state index contributed by atoms with van der Waals surface area (Å²) in [6, 6.07) is 17.1. The van der Waals surface area contributed by atoms with Gasteiger partial charge < -0.3 is 15.7 Å². The lowest BCUT2D eigenvalue weighted by atomic mass is 9.99.